The summed E-state index contributed by atoms with van der Waals surface area (Å²) in [5, 5.41) is 8.24. The van der Waals surface area contributed by atoms with Crippen LogP contribution in [0.5, 0.6) is 0 Å². The fourth-order valence-electron chi connectivity index (χ4n) is 2.63. The molecule has 1 unspecified atom stereocenters. The van der Waals surface area contributed by atoms with Gasteiger partial charge in [-0.05, 0) is 31.2 Å². The Morgan fingerprint density at radius 2 is 1.93 bits per heavy atom. The van der Waals surface area contributed by atoms with Crippen LogP contribution in [0.4, 0.5) is 13.2 Å². The SMILES string of the molecule is CC(Sc1nnc2ccc(C(F)(F)F)cn12)c1nc2ccccc2c(=O)[nH]1. The molecule has 0 radical (unpaired) electrons. The predicted molar refractivity (Wildman–Crippen MR) is 94.6 cm³/mol. The monoisotopic (exact) mass is 391 g/mol. The van der Waals surface area contributed by atoms with E-state index >= 15 is 0 Å². The standard InChI is InChI=1S/C17H12F3N5OS/c1-9(14-21-12-5-3-2-4-11(12)15(26)22-14)27-16-24-23-13-7-6-10(8-25(13)16)17(18,19)20/h2-9H,1H3,(H,21,22,26). The highest BCUT2D eigenvalue weighted by atomic mass is 32.2. The van der Waals surface area contributed by atoms with Gasteiger partial charge >= 0.3 is 6.18 Å². The third-order valence-electron chi connectivity index (χ3n) is 4.00. The average Bonchev–Trinajstić information content (AvgIpc) is 3.03. The molecule has 0 fully saturated rings. The van der Waals surface area contributed by atoms with Gasteiger partial charge in [-0.1, -0.05) is 23.9 Å². The number of alkyl halides is 3. The van der Waals surface area contributed by atoms with Gasteiger partial charge in [0.2, 0.25) is 0 Å². The minimum Gasteiger partial charge on any atom is -0.309 e. The Labute approximate surface area is 154 Å². The van der Waals surface area contributed by atoms with Gasteiger partial charge in [-0.3, -0.25) is 9.20 Å². The zero-order valence-electron chi connectivity index (χ0n) is 13.9. The van der Waals surface area contributed by atoms with E-state index in [2.05, 4.69) is 20.2 Å². The van der Waals surface area contributed by atoms with E-state index in [0.717, 1.165) is 24.0 Å². The quantitative estimate of drug-likeness (QED) is 0.537. The number of aromatic nitrogens is 5. The highest BCUT2D eigenvalue weighted by Gasteiger charge is 2.31. The first-order valence-corrected chi connectivity index (χ1v) is 8.78. The van der Waals surface area contributed by atoms with Gasteiger partial charge < -0.3 is 4.98 Å². The predicted octanol–water partition coefficient (Wildman–Crippen LogP) is 3.84. The molecule has 3 heterocycles. The molecule has 4 aromatic rings. The fraction of sp³-hybridized carbons (Fsp3) is 0.176. The van der Waals surface area contributed by atoms with Crippen LogP contribution in [0.3, 0.4) is 0 Å². The summed E-state index contributed by atoms with van der Waals surface area (Å²) >= 11 is 1.16. The molecule has 0 saturated heterocycles. The Morgan fingerprint density at radius 3 is 2.70 bits per heavy atom. The number of hydrogen-bond donors (Lipinski definition) is 1. The maximum atomic E-state index is 13.0. The number of rotatable bonds is 3. The summed E-state index contributed by atoms with van der Waals surface area (Å²) in [5.41, 5.74) is -0.207. The van der Waals surface area contributed by atoms with Crippen molar-refractivity contribution in [2.45, 2.75) is 23.5 Å². The van der Waals surface area contributed by atoms with Crippen LogP contribution in [0.25, 0.3) is 16.6 Å². The maximum absolute atomic E-state index is 13.0. The summed E-state index contributed by atoms with van der Waals surface area (Å²) in [6.07, 6.45) is -3.50. The summed E-state index contributed by atoms with van der Waals surface area (Å²) in [5.74, 6) is 0.410. The van der Waals surface area contributed by atoms with Crippen molar-refractivity contribution in [3.63, 3.8) is 0 Å². The molecule has 1 aromatic carbocycles. The molecule has 6 nitrogen and oxygen atoms in total. The van der Waals surface area contributed by atoms with E-state index < -0.39 is 11.7 Å². The number of para-hydroxylation sites is 1. The zero-order valence-corrected chi connectivity index (χ0v) is 14.7. The molecule has 27 heavy (non-hydrogen) atoms. The Hall–Kier alpha value is -2.88. The molecular weight excluding hydrogens is 379 g/mol. The van der Waals surface area contributed by atoms with Crippen molar-refractivity contribution in [3.8, 4) is 0 Å². The third-order valence-corrected chi connectivity index (χ3v) is 5.06. The number of nitrogens with one attached hydrogen (secondary N) is 1. The number of aromatic amines is 1. The van der Waals surface area contributed by atoms with Crippen molar-refractivity contribution in [2.24, 2.45) is 0 Å². The van der Waals surface area contributed by atoms with Gasteiger partial charge in [0.05, 0.1) is 21.7 Å². The van der Waals surface area contributed by atoms with E-state index in [1.165, 1.54) is 10.5 Å². The van der Waals surface area contributed by atoms with Crippen molar-refractivity contribution in [1.82, 2.24) is 24.6 Å². The van der Waals surface area contributed by atoms with Gasteiger partial charge in [0.15, 0.2) is 10.8 Å². The number of hydrogen-bond acceptors (Lipinski definition) is 5. The minimum absolute atomic E-state index is 0.270. The van der Waals surface area contributed by atoms with Crippen LogP contribution in [0, 0.1) is 0 Å². The molecule has 10 heteroatoms. The molecule has 138 valence electrons. The highest BCUT2D eigenvalue weighted by Crippen LogP contribution is 2.34. The van der Waals surface area contributed by atoms with E-state index in [9.17, 15) is 18.0 Å². The van der Waals surface area contributed by atoms with Gasteiger partial charge in [-0.25, -0.2) is 4.98 Å². The van der Waals surface area contributed by atoms with Crippen molar-refractivity contribution in [2.75, 3.05) is 0 Å². The largest absolute Gasteiger partial charge is 0.417 e. The molecule has 0 bridgehead atoms. The average molecular weight is 391 g/mol. The van der Waals surface area contributed by atoms with Gasteiger partial charge in [0.25, 0.3) is 5.56 Å². The lowest BCUT2D eigenvalue weighted by molar-refractivity contribution is -0.137. The maximum Gasteiger partial charge on any atom is 0.417 e. The number of pyridine rings is 1. The summed E-state index contributed by atoms with van der Waals surface area (Å²) in [6.45, 7) is 1.78. The molecule has 0 amide bonds. The normalized spacial score (nSPS) is 13.3. The highest BCUT2D eigenvalue weighted by molar-refractivity contribution is 7.99. The molecule has 1 atom stereocenters. The first-order valence-electron chi connectivity index (χ1n) is 7.90. The smallest absolute Gasteiger partial charge is 0.309 e. The Balaban J connectivity index is 1.71. The van der Waals surface area contributed by atoms with Crippen LogP contribution in [0.15, 0.2) is 52.5 Å². The van der Waals surface area contributed by atoms with Crippen LogP contribution >= 0.6 is 11.8 Å². The van der Waals surface area contributed by atoms with Crippen molar-refractivity contribution in [3.05, 3.63) is 64.3 Å². The van der Waals surface area contributed by atoms with E-state index in [4.69, 9.17) is 0 Å². The van der Waals surface area contributed by atoms with Crippen molar-refractivity contribution in [1.29, 1.82) is 0 Å². The molecule has 0 saturated carbocycles. The molecule has 0 aliphatic heterocycles. The number of nitrogens with zero attached hydrogens (tertiary/aromatic N) is 4. The topological polar surface area (TPSA) is 75.9 Å². The second-order valence-electron chi connectivity index (χ2n) is 5.85. The molecule has 3 aromatic heterocycles. The minimum atomic E-state index is -4.46. The molecule has 1 N–H and O–H groups in total. The molecular formula is C17H12F3N5OS. The van der Waals surface area contributed by atoms with E-state index in [-0.39, 0.29) is 16.0 Å². The molecule has 0 spiro atoms. The Bertz CT molecular complexity index is 1200. The third kappa shape index (κ3) is 3.27. The number of benzene rings is 1. The van der Waals surface area contributed by atoms with E-state index in [1.54, 1.807) is 31.2 Å². The summed E-state index contributed by atoms with van der Waals surface area (Å²) in [6, 6.07) is 9.16. The van der Waals surface area contributed by atoms with Crippen LogP contribution in [-0.4, -0.2) is 24.6 Å². The van der Waals surface area contributed by atoms with Crippen LogP contribution in [0.1, 0.15) is 23.6 Å². The lowest BCUT2D eigenvalue weighted by Gasteiger charge is -2.11. The zero-order chi connectivity index (χ0) is 19.2. The van der Waals surface area contributed by atoms with Crippen LogP contribution < -0.4 is 5.56 Å². The van der Waals surface area contributed by atoms with E-state index in [0.29, 0.717) is 22.4 Å². The van der Waals surface area contributed by atoms with Crippen molar-refractivity contribution < 1.29 is 13.2 Å². The molecule has 0 aliphatic carbocycles. The number of halogens is 3. The molecule has 0 aliphatic rings. The van der Waals surface area contributed by atoms with Crippen molar-refractivity contribution >= 4 is 28.3 Å². The number of thioether (sulfide) groups is 1. The van der Waals surface area contributed by atoms with Gasteiger partial charge in [-0.15, -0.1) is 10.2 Å². The number of H-pyrrole nitrogens is 1. The molecule has 4 rings (SSSR count). The van der Waals surface area contributed by atoms with Crippen LogP contribution in [0.2, 0.25) is 0 Å². The lowest BCUT2D eigenvalue weighted by Crippen LogP contribution is -2.13. The van der Waals surface area contributed by atoms with Gasteiger partial charge in [0, 0.05) is 6.20 Å². The Kier molecular flexibility index (Phi) is 4.14. The first kappa shape index (κ1) is 17.5. The van der Waals surface area contributed by atoms with Gasteiger partial charge in [0.1, 0.15) is 5.82 Å². The summed E-state index contributed by atoms with van der Waals surface area (Å²) in [7, 11) is 0. The lowest BCUT2D eigenvalue weighted by atomic mass is 10.2. The van der Waals surface area contributed by atoms with Gasteiger partial charge in [-0.2, -0.15) is 13.2 Å². The summed E-state index contributed by atoms with van der Waals surface area (Å²) < 4.78 is 40.2. The summed E-state index contributed by atoms with van der Waals surface area (Å²) in [4.78, 5) is 19.4. The van der Waals surface area contributed by atoms with E-state index in [1.807, 2.05) is 0 Å². The fourth-order valence-corrected chi connectivity index (χ4v) is 3.52. The Morgan fingerprint density at radius 1 is 1.15 bits per heavy atom. The first-order chi connectivity index (χ1) is 12.8. The second-order valence-corrected chi connectivity index (χ2v) is 7.16. The van der Waals surface area contributed by atoms with Crippen LogP contribution in [-0.2, 0) is 6.18 Å². The second kappa shape index (κ2) is 6.38. The number of fused-ring (bicyclic) bond motifs is 2.